The smallest absolute Gasteiger partial charge is 0.0477 e. The summed E-state index contributed by atoms with van der Waals surface area (Å²) in [5, 5.41) is 0. The quantitative estimate of drug-likeness (QED) is 0.525. The van der Waals surface area contributed by atoms with Crippen LogP contribution in [0.4, 0.5) is 0 Å². The number of hydrogen-bond donors (Lipinski definition) is 2. The molecule has 0 aliphatic heterocycles. The fourth-order valence-corrected chi connectivity index (χ4v) is 2.77. The van der Waals surface area contributed by atoms with Gasteiger partial charge in [0.25, 0.3) is 0 Å². The van der Waals surface area contributed by atoms with E-state index in [2.05, 4.69) is 12.3 Å². The van der Waals surface area contributed by atoms with E-state index < -0.39 is 0 Å². The maximum absolute atomic E-state index is 5.63. The van der Waals surface area contributed by atoms with E-state index in [4.69, 9.17) is 10.6 Å². The lowest BCUT2D eigenvalue weighted by Gasteiger charge is -2.33. The normalized spacial score (nSPS) is 29.0. The van der Waals surface area contributed by atoms with Crippen LogP contribution in [0.3, 0.4) is 0 Å². The Hall–Kier alpha value is -0.120. The van der Waals surface area contributed by atoms with Crippen LogP contribution < -0.4 is 11.3 Å². The summed E-state index contributed by atoms with van der Waals surface area (Å²) < 4.78 is 5.12. The van der Waals surface area contributed by atoms with Gasteiger partial charge in [0.05, 0.1) is 0 Å². The van der Waals surface area contributed by atoms with E-state index in [1.165, 1.54) is 32.1 Å². The van der Waals surface area contributed by atoms with E-state index in [1.807, 2.05) is 0 Å². The Balaban J connectivity index is 2.37. The molecule has 0 amide bonds. The van der Waals surface area contributed by atoms with Crippen LogP contribution in [0.5, 0.6) is 0 Å². The van der Waals surface area contributed by atoms with Crippen LogP contribution in [-0.2, 0) is 4.74 Å². The lowest BCUT2D eigenvalue weighted by Crippen LogP contribution is -2.43. The molecule has 1 aliphatic carbocycles. The molecule has 1 rings (SSSR count). The van der Waals surface area contributed by atoms with Crippen LogP contribution in [0, 0.1) is 11.8 Å². The van der Waals surface area contributed by atoms with Gasteiger partial charge in [0, 0.05) is 19.8 Å². The highest BCUT2D eigenvalue weighted by Crippen LogP contribution is 2.33. The van der Waals surface area contributed by atoms with Crippen molar-refractivity contribution < 1.29 is 4.74 Å². The number of rotatable bonds is 6. The van der Waals surface area contributed by atoms with Gasteiger partial charge in [-0.2, -0.15) is 0 Å². The molecule has 1 aliphatic rings. The van der Waals surface area contributed by atoms with Gasteiger partial charge in [-0.15, -0.1) is 0 Å². The Bertz CT molecular complexity index is 164. The van der Waals surface area contributed by atoms with Crippen molar-refractivity contribution in [2.45, 2.75) is 51.5 Å². The molecule has 3 nitrogen and oxygen atoms in total. The molecular weight excluding hydrogens is 188 g/mol. The minimum Gasteiger partial charge on any atom is -0.385 e. The highest BCUT2D eigenvalue weighted by Gasteiger charge is 2.26. The molecular formula is C12H26N2O. The maximum atomic E-state index is 5.63. The van der Waals surface area contributed by atoms with Gasteiger partial charge in [0.1, 0.15) is 0 Å². The average molecular weight is 214 g/mol. The maximum Gasteiger partial charge on any atom is 0.0477 e. The molecule has 3 N–H and O–H groups in total. The third kappa shape index (κ3) is 4.09. The second-order valence-corrected chi connectivity index (χ2v) is 4.76. The summed E-state index contributed by atoms with van der Waals surface area (Å²) in [4.78, 5) is 0. The average Bonchev–Trinajstić information content (AvgIpc) is 2.30. The van der Waals surface area contributed by atoms with E-state index in [9.17, 15) is 0 Å². The number of nitrogens with one attached hydrogen (secondary N) is 1. The van der Waals surface area contributed by atoms with Crippen molar-refractivity contribution in [3.05, 3.63) is 0 Å². The molecule has 0 aromatic carbocycles. The number of methoxy groups -OCH3 is 1. The lowest BCUT2D eigenvalue weighted by molar-refractivity contribution is 0.146. The van der Waals surface area contributed by atoms with Crippen molar-refractivity contribution in [1.82, 2.24) is 5.43 Å². The Morgan fingerprint density at radius 2 is 2.27 bits per heavy atom. The molecule has 1 saturated carbocycles. The van der Waals surface area contributed by atoms with Gasteiger partial charge in [0.2, 0.25) is 0 Å². The molecule has 0 radical (unpaired) electrons. The minimum absolute atomic E-state index is 0.444. The minimum atomic E-state index is 0.444. The lowest BCUT2D eigenvalue weighted by atomic mass is 9.76. The summed E-state index contributed by atoms with van der Waals surface area (Å²) in [6, 6.07) is 0.444. The Morgan fingerprint density at radius 3 is 2.87 bits per heavy atom. The standard InChI is InChI=1S/C12H26N2O/c1-3-10-5-4-6-11(9-10)12(14-13)7-8-15-2/h10-12,14H,3-9,13H2,1-2H3. The number of hydrazine groups is 1. The number of ether oxygens (including phenoxy) is 1. The van der Waals surface area contributed by atoms with E-state index in [1.54, 1.807) is 7.11 Å². The van der Waals surface area contributed by atoms with E-state index in [0.29, 0.717) is 6.04 Å². The summed E-state index contributed by atoms with van der Waals surface area (Å²) >= 11 is 0. The predicted molar refractivity (Wildman–Crippen MR) is 63.3 cm³/mol. The first-order chi connectivity index (χ1) is 7.31. The van der Waals surface area contributed by atoms with Crippen LogP contribution in [0.2, 0.25) is 0 Å². The fraction of sp³-hybridized carbons (Fsp3) is 1.00. The van der Waals surface area contributed by atoms with Gasteiger partial charge in [-0.3, -0.25) is 11.3 Å². The van der Waals surface area contributed by atoms with E-state index >= 15 is 0 Å². The van der Waals surface area contributed by atoms with Gasteiger partial charge in [-0.25, -0.2) is 0 Å². The highest BCUT2D eigenvalue weighted by molar-refractivity contribution is 4.81. The van der Waals surface area contributed by atoms with Gasteiger partial charge in [-0.05, 0) is 31.1 Å². The topological polar surface area (TPSA) is 47.3 Å². The first kappa shape index (κ1) is 12.9. The van der Waals surface area contributed by atoms with Crippen LogP contribution >= 0.6 is 0 Å². The molecule has 0 aromatic heterocycles. The molecule has 0 saturated heterocycles. The van der Waals surface area contributed by atoms with Gasteiger partial charge < -0.3 is 4.74 Å². The summed E-state index contributed by atoms with van der Waals surface area (Å²) in [6.07, 6.45) is 7.80. The molecule has 3 atom stereocenters. The van der Waals surface area contributed by atoms with Crippen molar-refractivity contribution in [1.29, 1.82) is 0 Å². The van der Waals surface area contributed by atoms with Crippen LogP contribution in [0.15, 0.2) is 0 Å². The second kappa shape index (κ2) is 7.20. The zero-order valence-electron chi connectivity index (χ0n) is 10.2. The van der Waals surface area contributed by atoms with Crippen molar-refractivity contribution in [2.75, 3.05) is 13.7 Å². The van der Waals surface area contributed by atoms with Crippen LogP contribution in [-0.4, -0.2) is 19.8 Å². The summed E-state index contributed by atoms with van der Waals surface area (Å²) in [5.41, 5.74) is 2.97. The largest absolute Gasteiger partial charge is 0.385 e. The predicted octanol–water partition coefficient (Wildman–Crippen LogP) is 2.07. The molecule has 0 bridgehead atoms. The second-order valence-electron chi connectivity index (χ2n) is 4.76. The summed E-state index contributed by atoms with van der Waals surface area (Å²) in [6.45, 7) is 3.11. The van der Waals surface area contributed by atoms with Crippen molar-refractivity contribution in [2.24, 2.45) is 17.7 Å². The van der Waals surface area contributed by atoms with E-state index in [-0.39, 0.29) is 0 Å². The van der Waals surface area contributed by atoms with Crippen LogP contribution in [0.25, 0.3) is 0 Å². The third-order valence-electron chi connectivity index (χ3n) is 3.82. The van der Waals surface area contributed by atoms with E-state index in [0.717, 1.165) is 24.9 Å². The summed E-state index contributed by atoms with van der Waals surface area (Å²) in [7, 11) is 1.75. The Labute approximate surface area is 93.7 Å². The molecule has 1 fully saturated rings. The monoisotopic (exact) mass is 214 g/mol. The molecule has 0 heterocycles. The first-order valence-corrected chi connectivity index (χ1v) is 6.26. The SMILES string of the molecule is CCC1CCCC(C(CCOC)NN)C1. The van der Waals surface area contributed by atoms with Gasteiger partial charge >= 0.3 is 0 Å². The molecule has 0 spiro atoms. The molecule has 15 heavy (non-hydrogen) atoms. The Kier molecular flexibility index (Phi) is 6.22. The van der Waals surface area contributed by atoms with Crippen molar-refractivity contribution in [3.8, 4) is 0 Å². The van der Waals surface area contributed by atoms with Crippen LogP contribution in [0.1, 0.15) is 45.4 Å². The van der Waals surface area contributed by atoms with Crippen molar-refractivity contribution in [3.63, 3.8) is 0 Å². The molecule has 3 heteroatoms. The van der Waals surface area contributed by atoms with Gasteiger partial charge in [-0.1, -0.05) is 26.2 Å². The fourth-order valence-electron chi connectivity index (χ4n) is 2.77. The van der Waals surface area contributed by atoms with Gasteiger partial charge in [0.15, 0.2) is 0 Å². The molecule has 3 unspecified atom stereocenters. The number of nitrogens with two attached hydrogens (primary N) is 1. The van der Waals surface area contributed by atoms with Crippen molar-refractivity contribution >= 4 is 0 Å². The Morgan fingerprint density at radius 1 is 1.47 bits per heavy atom. The molecule has 0 aromatic rings. The highest BCUT2D eigenvalue weighted by atomic mass is 16.5. The third-order valence-corrected chi connectivity index (χ3v) is 3.82. The molecule has 90 valence electrons. The number of hydrogen-bond acceptors (Lipinski definition) is 3. The summed E-state index contributed by atoms with van der Waals surface area (Å²) in [5.74, 6) is 7.30. The zero-order valence-corrected chi connectivity index (χ0v) is 10.2. The zero-order chi connectivity index (χ0) is 11.1. The first-order valence-electron chi connectivity index (χ1n) is 6.26.